The fourth-order valence-electron chi connectivity index (χ4n) is 2.09. The Balaban J connectivity index is 0.00000576. The molecule has 1 rings (SSSR count). The number of guanidine groups is 1. The Labute approximate surface area is 172 Å². The number of rotatable bonds is 7. The van der Waals surface area contributed by atoms with Gasteiger partial charge in [-0.1, -0.05) is 0 Å². The Morgan fingerprint density at radius 2 is 1.96 bits per heavy atom. The molecule has 0 aliphatic carbocycles. The third kappa shape index (κ3) is 11.7. The molecule has 0 bridgehead atoms. The van der Waals surface area contributed by atoms with E-state index in [9.17, 15) is 9.90 Å². The van der Waals surface area contributed by atoms with Crippen molar-refractivity contribution in [3.8, 4) is 0 Å². The van der Waals surface area contributed by atoms with Gasteiger partial charge in [0, 0.05) is 25.4 Å². The van der Waals surface area contributed by atoms with Crippen LogP contribution < -0.4 is 16.0 Å². The summed E-state index contributed by atoms with van der Waals surface area (Å²) in [5.74, 6) is 2.43. The normalized spacial score (nSPS) is 20.6. The Kier molecular flexibility index (Phi) is 11.9. The minimum atomic E-state index is -0.675. The van der Waals surface area contributed by atoms with Gasteiger partial charge in [-0.25, -0.2) is 4.79 Å². The van der Waals surface area contributed by atoms with Crippen LogP contribution in [-0.4, -0.2) is 66.0 Å². The van der Waals surface area contributed by atoms with Crippen LogP contribution in [0.25, 0.3) is 0 Å². The zero-order chi connectivity index (χ0) is 18.1. The lowest BCUT2D eigenvalue weighted by Gasteiger charge is -2.20. The Morgan fingerprint density at radius 3 is 2.52 bits per heavy atom. The fourth-order valence-corrected chi connectivity index (χ4v) is 3.37. The van der Waals surface area contributed by atoms with E-state index in [2.05, 4.69) is 20.9 Å². The SMILES string of the molecule is CCNC(=NCC1(O)CCSC1)NCCCNC(=O)OC(C)(C)C.I. The molecule has 7 nitrogen and oxygen atoms in total. The van der Waals surface area contributed by atoms with Crippen LogP contribution in [0.4, 0.5) is 4.79 Å². The van der Waals surface area contributed by atoms with Gasteiger partial charge in [-0.3, -0.25) is 4.99 Å². The van der Waals surface area contributed by atoms with Crippen LogP contribution in [0.1, 0.15) is 40.5 Å². The van der Waals surface area contributed by atoms with Gasteiger partial charge in [0.2, 0.25) is 0 Å². The van der Waals surface area contributed by atoms with Gasteiger partial charge in [-0.05, 0) is 46.3 Å². The van der Waals surface area contributed by atoms with Crippen molar-refractivity contribution in [3.63, 3.8) is 0 Å². The van der Waals surface area contributed by atoms with Crippen LogP contribution in [-0.2, 0) is 4.74 Å². The summed E-state index contributed by atoms with van der Waals surface area (Å²) in [4.78, 5) is 16.0. The number of aliphatic hydroxyl groups is 1. The number of hydrogen-bond donors (Lipinski definition) is 4. The van der Waals surface area contributed by atoms with E-state index in [4.69, 9.17) is 4.74 Å². The summed E-state index contributed by atoms with van der Waals surface area (Å²) < 4.78 is 5.17. The molecule has 25 heavy (non-hydrogen) atoms. The fraction of sp³-hybridized carbons (Fsp3) is 0.875. The third-order valence-electron chi connectivity index (χ3n) is 3.27. The largest absolute Gasteiger partial charge is 0.444 e. The Morgan fingerprint density at radius 1 is 1.28 bits per heavy atom. The standard InChI is InChI=1S/C16H32N4O3S.HI/c1-5-17-13(20-11-16(22)7-10-24-12-16)18-8-6-9-19-14(21)23-15(2,3)4;/h22H,5-12H2,1-4H3,(H,19,21)(H2,17,18,20);1H. The van der Waals surface area contributed by atoms with E-state index < -0.39 is 17.3 Å². The first kappa shape index (κ1) is 24.6. The molecule has 1 unspecified atom stereocenters. The highest BCUT2D eigenvalue weighted by Gasteiger charge is 2.31. The average Bonchev–Trinajstić information content (AvgIpc) is 2.89. The van der Waals surface area contributed by atoms with Gasteiger partial charge < -0.3 is 25.8 Å². The lowest BCUT2D eigenvalue weighted by molar-refractivity contribution is 0.0527. The van der Waals surface area contributed by atoms with Crippen molar-refractivity contribution in [2.24, 2.45) is 4.99 Å². The van der Waals surface area contributed by atoms with Gasteiger partial charge >= 0.3 is 6.09 Å². The molecule has 0 aromatic heterocycles. The van der Waals surface area contributed by atoms with E-state index in [1.807, 2.05) is 27.7 Å². The number of alkyl carbamates (subject to hydrolysis) is 1. The van der Waals surface area contributed by atoms with Gasteiger partial charge in [0.15, 0.2) is 5.96 Å². The zero-order valence-electron chi connectivity index (χ0n) is 15.7. The topological polar surface area (TPSA) is 95.0 Å². The van der Waals surface area contributed by atoms with Crippen LogP contribution in [0, 0.1) is 0 Å². The molecule has 1 aliphatic rings. The van der Waals surface area contributed by atoms with E-state index in [1.54, 1.807) is 11.8 Å². The number of aliphatic imine (C=N–C) groups is 1. The number of halogens is 1. The van der Waals surface area contributed by atoms with Gasteiger partial charge in [0.05, 0.1) is 12.1 Å². The smallest absolute Gasteiger partial charge is 0.407 e. The van der Waals surface area contributed by atoms with Crippen molar-refractivity contribution in [2.75, 3.05) is 37.7 Å². The van der Waals surface area contributed by atoms with Crippen molar-refractivity contribution in [3.05, 3.63) is 0 Å². The molecule has 0 aromatic carbocycles. The maximum absolute atomic E-state index is 11.5. The molecule has 1 fully saturated rings. The monoisotopic (exact) mass is 488 g/mol. The van der Waals surface area contributed by atoms with Crippen LogP contribution in [0.5, 0.6) is 0 Å². The highest BCUT2D eigenvalue weighted by atomic mass is 127. The molecule has 148 valence electrons. The molecule has 0 spiro atoms. The maximum atomic E-state index is 11.5. The molecular weight excluding hydrogens is 455 g/mol. The van der Waals surface area contributed by atoms with Crippen LogP contribution >= 0.6 is 35.7 Å². The summed E-state index contributed by atoms with van der Waals surface area (Å²) in [6.45, 7) is 9.89. The predicted molar refractivity (Wildman–Crippen MR) is 115 cm³/mol. The van der Waals surface area contributed by atoms with Crippen LogP contribution in [0.3, 0.4) is 0 Å². The third-order valence-corrected chi connectivity index (χ3v) is 4.51. The second kappa shape index (κ2) is 12.1. The van der Waals surface area contributed by atoms with Crippen molar-refractivity contribution in [1.82, 2.24) is 16.0 Å². The van der Waals surface area contributed by atoms with Crippen molar-refractivity contribution in [1.29, 1.82) is 0 Å². The first-order valence-corrected chi connectivity index (χ1v) is 9.69. The highest BCUT2D eigenvalue weighted by molar-refractivity contribution is 14.0. The molecule has 0 aromatic rings. The molecule has 0 saturated carbocycles. The summed E-state index contributed by atoms with van der Waals surface area (Å²) in [5.41, 5.74) is -1.16. The van der Waals surface area contributed by atoms with Crippen LogP contribution in [0.2, 0.25) is 0 Å². The molecule has 1 saturated heterocycles. The number of carbonyl (C=O) groups is 1. The summed E-state index contributed by atoms with van der Waals surface area (Å²) in [6.07, 6.45) is 1.15. The van der Waals surface area contributed by atoms with Crippen molar-refractivity contribution < 1.29 is 14.6 Å². The van der Waals surface area contributed by atoms with Gasteiger partial charge in [-0.15, -0.1) is 24.0 Å². The molecule has 1 atom stereocenters. The number of thioether (sulfide) groups is 1. The minimum absolute atomic E-state index is 0. The molecule has 0 radical (unpaired) electrons. The number of carbonyl (C=O) groups excluding carboxylic acids is 1. The summed E-state index contributed by atoms with van der Waals surface area (Å²) in [6, 6.07) is 0. The molecule has 1 heterocycles. The van der Waals surface area contributed by atoms with E-state index in [1.165, 1.54) is 0 Å². The summed E-state index contributed by atoms with van der Waals surface area (Å²) >= 11 is 1.76. The van der Waals surface area contributed by atoms with Crippen molar-refractivity contribution in [2.45, 2.75) is 51.7 Å². The number of nitrogens with one attached hydrogen (secondary N) is 3. The highest BCUT2D eigenvalue weighted by Crippen LogP contribution is 2.27. The van der Waals surface area contributed by atoms with E-state index in [0.29, 0.717) is 25.6 Å². The Hall–Kier alpha value is -0.420. The quantitative estimate of drug-likeness (QED) is 0.190. The first-order valence-electron chi connectivity index (χ1n) is 8.53. The number of hydrogen-bond acceptors (Lipinski definition) is 5. The first-order chi connectivity index (χ1) is 11.2. The lowest BCUT2D eigenvalue weighted by Crippen LogP contribution is -2.41. The van der Waals surface area contributed by atoms with E-state index >= 15 is 0 Å². The van der Waals surface area contributed by atoms with Gasteiger partial charge in [0.1, 0.15) is 5.60 Å². The van der Waals surface area contributed by atoms with E-state index in [0.717, 1.165) is 30.9 Å². The number of ether oxygens (including phenoxy) is 1. The molecular formula is C16H33IN4O3S. The number of amides is 1. The Bertz CT molecular complexity index is 424. The minimum Gasteiger partial charge on any atom is -0.444 e. The second-order valence-electron chi connectivity index (χ2n) is 6.93. The molecule has 9 heteroatoms. The molecule has 1 amide bonds. The predicted octanol–water partition coefficient (Wildman–Crippen LogP) is 1.94. The maximum Gasteiger partial charge on any atom is 0.407 e. The summed E-state index contributed by atoms with van der Waals surface area (Å²) in [7, 11) is 0. The summed E-state index contributed by atoms with van der Waals surface area (Å²) in [5, 5.41) is 19.4. The van der Waals surface area contributed by atoms with Gasteiger partial charge in [-0.2, -0.15) is 11.8 Å². The molecule has 1 aliphatic heterocycles. The van der Waals surface area contributed by atoms with Crippen molar-refractivity contribution >= 4 is 47.8 Å². The van der Waals surface area contributed by atoms with Crippen LogP contribution in [0.15, 0.2) is 4.99 Å². The van der Waals surface area contributed by atoms with E-state index in [-0.39, 0.29) is 24.0 Å². The lowest BCUT2D eigenvalue weighted by atomic mass is 10.1. The zero-order valence-corrected chi connectivity index (χ0v) is 18.8. The molecule has 4 N–H and O–H groups in total. The number of nitrogens with zero attached hydrogens (tertiary/aromatic N) is 1. The second-order valence-corrected chi connectivity index (χ2v) is 8.04. The van der Waals surface area contributed by atoms with Gasteiger partial charge in [0.25, 0.3) is 0 Å². The average molecular weight is 488 g/mol.